The summed E-state index contributed by atoms with van der Waals surface area (Å²) in [5.41, 5.74) is 4.43. The van der Waals surface area contributed by atoms with Gasteiger partial charge >= 0.3 is 5.92 Å². The molecule has 0 radical (unpaired) electrons. The maximum Gasteiger partial charge on any atom is 0.301 e. The third kappa shape index (κ3) is 7.14. The fourth-order valence-corrected chi connectivity index (χ4v) is 10.5. The van der Waals surface area contributed by atoms with Gasteiger partial charge in [-0.3, -0.25) is 29.3 Å². The molecule has 6 aromatic rings. The molecule has 64 heavy (non-hydrogen) atoms. The predicted octanol–water partition coefficient (Wildman–Crippen LogP) is 5.64. The summed E-state index contributed by atoms with van der Waals surface area (Å²) < 4.78 is 41.1. The Morgan fingerprint density at radius 3 is 2.50 bits per heavy atom. The molecule has 4 aliphatic heterocycles. The van der Waals surface area contributed by atoms with Crippen LogP contribution in [0.1, 0.15) is 50.1 Å². The second-order valence-corrected chi connectivity index (χ2v) is 18.5. The summed E-state index contributed by atoms with van der Waals surface area (Å²) in [6, 6.07) is 12.5. The molecule has 19 heteroatoms. The van der Waals surface area contributed by atoms with Crippen LogP contribution in [0.3, 0.4) is 0 Å². The van der Waals surface area contributed by atoms with Gasteiger partial charge in [0.1, 0.15) is 16.7 Å². The zero-order valence-corrected chi connectivity index (χ0v) is 36.4. The lowest BCUT2D eigenvalue weighted by molar-refractivity contribution is -0.134. The maximum atomic E-state index is 15.3. The maximum absolute atomic E-state index is 15.3. The first-order valence-corrected chi connectivity index (χ1v) is 22.5. The largest absolute Gasteiger partial charge is 0.480 e. The Morgan fingerprint density at radius 1 is 0.938 bits per heavy atom. The molecule has 0 bridgehead atoms. The number of ether oxygens (including phenoxy) is 1. The molecule has 2 atom stereocenters. The van der Waals surface area contributed by atoms with Gasteiger partial charge < -0.3 is 29.7 Å². The summed E-state index contributed by atoms with van der Waals surface area (Å²) >= 11 is 6.64. The SMILES string of the molecule is Cn1nc(C2CCC(=O)NC2=O)c2cccc(N3CCC(CN4CCN(c5cc(Nc6ccc7c(c6)c6c(c(=O)n7C)OCC(F)(F)[C@H](C7CC7)N6)n6ncc(Cl)c6n5)CC4)CC3)c21. The highest BCUT2D eigenvalue weighted by molar-refractivity contribution is 6.33. The number of aromatic nitrogens is 6. The van der Waals surface area contributed by atoms with Gasteiger partial charge in [0.05, 0.1) is 46.3 Å². The number of fused-ring (bicyclic) bond motifs is 5. The van der Waals surface area contributed by atoms with Crippen molar-refractivity contribution in [3.63, 3.8) is 0 Å². The topological polar surface area (TPSA) is 159 Å². The lowest BCUT2D eigenvalue weighted by atomic mass is 9.92. The van der Waals surface area contributed by atoms with E-state index in [1.165, 1.54) is 4.57 Å². The molecule has 1 saturated carbocycles. The van der Waals surface area contributed by atoms with E-state index in [4.69, 9.17) is 26.4 Å². The number of amides is 2. The first-order valence-electron chi connectivity index (χ1n) is 22.2. The lowest BCUT2D eigenvalue weighted by Gasteiger charge is -2.40. The summed E-state index contributed by atoms with van der Waals surface area (Å²) in [4.78, 5) is 50.1. The Morgan fingerprint density at radius 2 is 1.73 bits per heavy atom. The Bertz CT molecular complexity index is 2910. The number of piperazine rings is 1. The van der Waals surface area contributed by atoms with E-state index in [-0.39, 0.29) is 29.2 Å². The van der Waals surface area contributed by atoms with E-state index >= 15 is 8.78 Å². The van der Waals surface area contributed by atoms with Crippen LogP contribution in [-0.2, 0) is 23.7 Å². The molecule has 3 saturated heterocycles. The van der Waals surface area contributed by atoms with Crippen LogP contribution in [0.5, 0.6) is 5.75 Å². The van der Waals surface area contributed by atoms with Crippen LogP contribution in [0.15, 0.2) is 53.5 Å². The van der Waals surface area contributed by atoms with Crippen molar-refractivity contribution in [1.29, 1.82) is 0 Å². The smallest absolute Gasteiger partial charge is 0.301 e. The minimum absolute atomic E-state index is 0.103. The zero-order chi connectivity index (χ0) is 44.0. The molecule has 2 amide bonds. The van der Waals surface area contributed by atoms with Crippen molar-refractivity contribution in [3.8, 4) is 5.75 Å². The molecule has 4 fully saturated rings. The number of hydrogen-bond donors (Lipinski definition) is 3. The minimum Gasteiger partial charge on any atom is -0.480 e. The van der Waals surface area contributed by atoms with Crippen LogP contribution in [0.2, 0.25) is 5.02 Å². The van der Waals surface area contributed by atoms with Gasteiger partial charge in [-0.05, 0) is 68.2 Å². The predicted molar refractivity (Wildman–Crippen MR) is 240 cm³/mol. The van der Waals surface area contributed by atoms with E-state index in [0.717, 1.165) is 86.8 Å². The summed E-state index contributed by atoms with van der Waals surface area (Å²) in [6.07, 6.45) is 5.87. The van der Waals surface area contributed by atoms with Crippen molar-refractivity contribution in [1.82, 2.24) is 39.2 Å². The third-order valence-corrected chi connectivity index (χ3v) is 14.2. The quantitative estimate of drug-likeness (QED) is 0.162. The van der Waals surface area contributed by atoms with Gasteiger partial charge in [-0.1, -0.05) is 23.7 Å². The van der Waals surface area contributed by atoms with Crippen LogP contribution >= 0.6 is 11.6 Å². The molecule has 16 nitrogen and oxygen atoms in total. The number of halogens is 3. The number of piperidine rings is 2. The fourth-order valence-electron chi connectivity index (χ4n) is 10.3. The molecule has 5 aliphatic rings. The molecule has 334 valence electrons. The van der Waals surface area contributed by atoms with Crippen LogP contribution in [0.25, 0.3) is 27.5 Å². The van der Waals surface area contributed by atoms with Crippen molar-refractivity contribution in [2.45, 2.75) is 56.4 Å². The molecule has 11 rings (SSSR count). The number of anilines is 5. The number of rotatable bonds is 8. The van der Waals surface area contributed by atoms with E-state index < -0.39 is 30.0 Å². The second kappa shape index (κ2) is 15.6. The van der Waals surface area contributed by atoms with Gasteiger partial charge in [0.25, 0.3) is 5.56 Å². The number of imide groups is 1. The van der Waals surface area contributed by atoms with E-state index in [1.807, 2.05) is 42.1 Å². The highest BCUT2D eigenvalue weighted by Crippen LogP contribution is 2.46. The van der Waals surface area contributed by atoms with Crippen molar-refractivity contribution in [2.24, 2.45) is 25.9 Å². The van der Waals surface area contributed by atoms with Gasteiger partial charge in [-0.25, -0.2) is 13.8 Å². The zero-order valence-electron chi connectivity index (χ0n) is 35.6. The third-order valence-electron chi connectivity index (χ3n) is 13.9. The summed E-state index contributed by atoms with van der Waals surface area (Å²) in [5.74, 6) is -2.43. The number of nitrogens with one attached hydrogen (secondary N) is 3. The molecule has 1 aliphatic carbocycles. The first kappa shape index (κ1) is 40.7. The van der Waals surface area contributed by atoms with Gasteiger partial charge in [0, 0.05) is 88.9 Å². The monoisotopic (exact) mass is 894 g/mol. The van der Waals surface area contributed by atoms with E-state index in [0.29, 0.717) is 64.7 Å². The number of carbonyl (C=O) groups excluding carboxylic acids is 2. The van der Waals surface area contributed by atoms with Crippen LogP contribution in [-0.4, -0.2) is 110 Å². The number of aryl methyl sites for hydroxylation is 2. The first-order chi connectivity index (χ1) is 30.9. The Kier molecular flexibility index (Phi) is 9.94. The molecule has 0 spiro atoms. The van der Waals surface area contributed by atoms with Crippen LogP contribution in [0, 0.1) is 11.8 Å². The molecular formula is C45H49ClF2N12O4. The molecule has 8 heterocycles. The number of benzene rings is 2. The van der Waals surface area contributed by atoms with Crippen molar-refractivity contribution in [3.05, 3.63) is 69.7 Å². The number of carbonyl (C=O) groups is 2. The number of hydrogen-bond acceptors (Lipinski definition) is 12. The molecule has 3 N–H and O–H groups in total. The number of nitrogens with zero attached hydrogens (tertiary/aromatic N) is 9. The van der Waals surface area contributed by atoms with E-state index in [2.05, 4.69) is 41.8 Å². The number of alkyl halides is 2. The second-order valence-electron chi connectivity index (χ2n) is 18.1. The van der Waals surface area contributed by atoms with Gasteiger partial charge in [0.15, 0.2) is 12.3 Å². The summed E-state index contributed by atoms with van der Waals surface area (Å²) in [6.45, 7) is 5.32. The number of pyridine rings is 1. The highest BCUT2D eigenvalue weighted by Gasteiger charge is 2.51. The van der Waals surface area contributed by atoms with E-state index in [9.17, 15) is 14.4 Å². The fraction of sp³-hybridized carbons (Fsp3) is 0.467. The molecule has 2 aromatic carbocycles. The van der Waals surface area contributed by atoms with Crippen LogP contribution in [0.4, 0.5) is 37.5 Å². The molecular weight excluding hydrogens is 846 g/mol. The minimum atomic E-state index is -3.14. The normalized spacial score (nSPS) is 22.1. The highest BCUT2D eigenvalue weighted by atomic mass is 35.5. The average molecular weight is 895 g/mol. The molecule has 4 aromatic heterocycles. The van der Waals surface area contributed by atoms with Crippen molar-refractivity contribution in [2.75, 3.05) is 72.9 Å². The Hall–Kier alpha value is -6.01. The Labute approximate surface area is 371 Å². The summed E-state index contributed by atoms with van der Waals surface area (Å²) in [7, 11) is 3.54. The van der Waals surface area contributed by atoms with Gasteiger partial charge in [-0.2, -0.15) is 14.7 Å². The molecule has 1 unspecified atom stereocenters. The standard InChI is InChI=1S/C45H49ClF2N12O4/c1-55-32-10-8-27(20-30(32)38-40(44(55)63)64-24-45(47,48)41(53-38)26-6-7-26)50-35-21-34(51-42-31(46)22-49-60(35)42)59-18-16-57(17-19-59)23-25-12-14-58(15-13-25)33-5-3-4-28-37(54-56(2)39(28)33)29-9-11-36(61)52-43(29)62/h3-5,8,10,20-22,25-26,29,41,50,53H,6-7,9,11-19,23-24H2,1-2H3,(H,52,61,62)/t29?,41-/m0/s1. The lowest BCUT2D eigenvalue weighted by Crippen LogP contribution is -2.49. The Balaban J connectivity index is 0.769. The average Bonchev–Trinajstić information content (AvgIpc) is 4.00. The van der Waals surface area contributed by atoms with Gasteiger partial charge in [0.2, 0.25) is 17.6 Å². The van der Waals surface area contributed by atoms with Crippen LogP contribution < -0.4 is 36.0 Å². The number of para-hydroxylation sites is 1. The van der Waals surface area contributed by atoms with Gasteiger partial charge in [-0.15, -0.1) is 0 Å². The van der Waals surface area contributed by atoms with Crippen molar-refractivity contribution < 1.29 is 23.1 Å². The van der Waals surface area contributed by atoms with E-state index in [1.54, 1.807) is 23.8 Å². The summed E-state index contributed by atoms with van der Waals surface area (Å²) in [5, 5.41) is 20.3. The van der Waals surface area contributed by atoms with Crippen molar-refractivity contribution >= 4 is 79.6 Å².